The Morgan fingerprint density at radius 1 is 1.25 bits per heavy atom. The molecular formula is C28H40FN5O5S. The lowest BCUT2D eigenvalue weighted by molar-refractivity contribution is 0.0284. The van der Waals surface area contributed by atoms with Crippen LogP contribution in [0.25, 0.3) is 11.3 Å². The molecule has 1 aromatic carbocycles. The number of nitrogens with two attached hydrogens (primary N) is 1. The zero-order chi connectivity index (χ0) is 29.5. The highest BCUT2D eigenvalue weighted by molar-refractivity contribution is 7.90. The number of ether oxygens (including phenoxy) is 1. The second kappa shape index (κ2) is 10.7. The molecule has 40 heavy (non-hydrogen) atoms. The third kappa shape index (κ3) is 6.68. The number of sulfonamides is 1. The molecule has 3 aromatic rings. The second-order valence-electron chi connectivity index (χ2n) is 11.4. The summed E-state index contributed by atoms with van der Waals surface area (Å²) in [4.78, 5) is 23.9. The maximum atomic E-state index is 14.6. The number of nitrogens with zero attached hydrogens (tertiary/aromatic N) is 3. The van der Waals surface area contributed by atoms with Crippen LogP contribution in [0.1, 0.15) is 55.7 Å². The number of hydrogen-bond acceptors (Lipinski definition) is 9. The molecule has 0 bridgehead atoms. The monoisotopic (exact) mass is 577 g/mol. The van der Waals surface area contributed by atoms with E-state index in [1.165, 1.54) is 42.5 Å². The molecule has 220 valence electrons. The summed E-state index contributed by atoms with van der Waals surface area (Å²) in [6.07, 6.45) is 0.820. The molecule has 1 aliphatic rings. The number of nitrogen functional groups attached to an aromatic ring is 1. The van der Waals surface area contributed by atoms with Gasteiger partial charge in [-0.1, -0.05) is 13.0 Å². The summed E-state index contributed by atoms with van der Waals surface area (Å²) in [5, 5.41) is 9.60. The Balaban J connectivity index is 0.00000308. The van der Waals surface area contributed by atoms with Gasteiger partial charge in [-0.15, -0.1) is 0 Å². The van der Waals surface area contributed by atoms with Crippen molar-refractivity contribution in [1.82, 2.24) is 14.7 Å². The lowest BCUT2D eigenvalue weighted by atomic mass is 9.97. The molecule has 10 nitrogen and oxygen atoms in total. The van der Waals surface area contributed by atoms with Gasteiger partial charge in [-0.3, -0.25) is 4.79 Å². The Morgan fingerprint density at radius 2 is 1.98 bits per heavy atom. The minimum atomic E-state index is -4.33. The van der Waals surface area contributed by atoms with Gasteiger partial charge in [-0.2, -0.15) is 8.42 Å². The van der Waals surface area contributed by atoms with E-state index in [0.29, 0.717) is 17.8 Å². The van der Waals surface area contributed by atoms with Gasteiger partial charge in [-0.25, -0.2) is 19.1 Å². The first-order chi connectivity index (χ1) is 18.5. The van der Waals surface area contributed by atoms with E-state index in [9.17, 15) is 22.7 Å². The van der Waals surface area contributed by atoms with E-state index >= 15 is 0 Å². The molecule has 12 heteroatoms. The summed E-state index contributed by atoms with van der Waals surface area (Å²) >= 11 is 0. The minimum Gasteiger partial charge on any atom is -0.490 e. The number of halogens is 1. The van der Waals surface area contributed by atoms with Crippen LogP contribution in [0.3, 0.4) is 0 Å². The third-order valence-electron chi connectivity index (χ3n) is 6.45. The summed E-state index contributed by atoms with van der Waals surface area (Å²) in [5.74, 6) is -0.698. The molecule has 4 rings (SSSR count). The molecule has 0 spiro atoms. The van der Waals surface area contributed by atoms with Gasteiger partial charge in [0.2, 0.25) is 0 Å². The highest BCUT2D eigenvalue weighted by atomic mass is 32.2. The molecular weight excluding hydrogens is 537 g/mol. The fourth-order valence-corrected chi connectivity index (χ4v) is 5.76. The molecule has 1 amide bonds. The number of aromatic nitrogens is 2. The number of aliphatic hydroxyl groups is 1. The first-order valence-corrected chi connectivity index (χ1v) is 14.3. The topological polar surface area (TPSA) is 148 Å². The predicted octanol–water partition coefficient (Wildman–Crippen LogP) is 4.50. The van der Waals surface area contributed by atoms with Gasteiger partial charge in [0.15, 0.2) is 5.03 Å². The van der Waals surface area contributed by atoms with E-state index in [1.807, 2.05) is 18.7 Å². The predicted molar refractivity (Wildman–Crippen MR) is 156 cm³/mol. The smallest absolute Gasteiger partial charge is 0.281 e. The standard InChI is InChI=1S/C28H34FN5O5S.3H2/c1-17-14-27(2,3)34(15-17)25-21(26(35)33-40(37,38)24-8-6-7-23(30)32-24)9-10-22(31-25)18-11-19(29)13-20(12-18)39-16-28(4,5)36;;;/h6-13,17,36H,14-16H2,1-5H3,(H2,30,32)(H,33,35);3*1H/t17-;;;/m0.../s1. The lowest BCUT2D eigenvalue weighted by Gasteiger charge is -2.34. The molecule has 0 radical (unpaired) electrons. The molecule has 2 aromatic heterocycles. The van der Waals surface area contributed by atoms with Crippen LogP contribution in [0.2, 0.25) is 0 Å². The number of carbonyl (C=O) groups is 1. The van der Waals surface area contributed by atoms with Crippen LogP contribution in [-0.4, -0.2) is 53.7 Å². The van der Waals surface area contributed by atoms with Crippen LogP contribution >= 0.6 is 0 Å². The maximum absolute atomic E-state index is 14.6. The number of hydrogen-bond donors (Lipinski definition) is 3. The van der Waals surface area contributed by atoms with Crippen molar-refractivity contribution in [3.63, 3.8) is 0 Å². The van der Waals surface area contributed by atoms with Gasteiger partial charge < -0.3 is 20.5 Å². The van der Waals surface area contributed by atoms with E-state index in [-0.39, 0.29) is 44.8 Å². The Labute approximate surface area is 237 Å². The van der Waals surface area contributed by atoms with Gasteiger partial charge in [-0.05, 0) is 76.4 Å². The quantitative estimate of drug-likeness (QED) is 0.352. The lowest BCUT2D eigenvalue weighted by Crippen LogP contribution is -2.41. The van der Waals surface area contributed by atoms with Gasteiger partial charge >= 0.3 is 0 Å². The molecule has 1 saturated heterocycles. The number of carbonyl (C=O) groups excluding carboxylic acids is 1. The molecule has 1 aliphatic heterocycles. The van der Waals surface area contributed by atoms with Crippen LogP contribution in [-0.2, 0) is 10.0 Å². The zero-order valence-electron chi connectivity index (χ0n) is 23.1. The third-order valence-corrected chi connectivity index (χ3v) is 7.69. The molecule has 0 unspecified atom stereocenters. The van der Waals surface area contributed by atoms with Crippen LogP contribution in [0.5, 0.6) is 5.75 Å². The van der Waals surface area contributed by atoms with Crippen LogP contribution < -0.4 is 20.1 Å². The Bertz CT molecular complexity index is 1550. The largest absolute Gasteiger partial charge is 0.490 e. The van der Waals surface area contributed by atoms with Gasteiger partial charge in [0.25, 0.3) is 15.9 Å². The number of pyridine rings is 2. The summed E-state index contributed by atoms with van der Waals surface area (Å²) in [6, 6.07) is 11.2. The number of nitrogens with one attached hydrogen (secondary N) is 1. The van der Waals surface area contributed by atoms with Crippen LogP contribution in [0.15, 0.2) is 53.6 Å². The Hall–Kier alpha value is -3.77. The van der Waals surface area contributed by atoms with Gasteiger partial charge in [0.1, 0.15) is 29.8 Å². The molecule has 0 saturated carbocycles. The molecule has 0 aliphatic carbocycles. The van der Waals surface area contributed by atoms with E-state index in [0.717, 1.165) is 6.42 Å². The summed E-state index contributed by atoms with van der Waals surface area (Å²) in [5.41, 5.74) is 4.90. The number of benzene rings is 1. The van der Waals surface area contributed by atoms with Crippen molar-refractivity contribution >= 4 is 27.6 Å². The maximum Gasteiger partial charge on any atom is 0.281 e. The SMILES string of the molecule is C[C@@H]1CN(c2nc(-c3cc(F)cc(OCC(C)(C)O)c3)ccc2C(=O)NS(=O)(=O)c2cccc(N)n2)C(C)(C)C1.[HH].[HH].[HH]. The van der Waals surface area contributed by atoms with Crippen molar-refractivity contribution < 1.29 is 31.7 Å². The van der Waals surface area contributed by atoms with E-state index < -0.39 is 32.9 Å². The number of rotatable bonds is 8. The van der Waals surface area contributed by atoms with Crippen molar-refractivity contribution in [2.24, 2.45) is 5.92 Å². The molecule has 4 N–H and O–H groups in total. The van der Waals surface area contributed by atoms with Crippen LogP contribution in [0, 0.1) is 11.7 Å². The average molecular weight is 578 g/mol. The van der Waals surface area contributed by atoms with Crippen LogP contribution in [0.4, 0.5) is 16.0 Å². The Kier molecular flexibility index (Phi) is 7.79. The van der Waals surface area contributed by atoms with Crippen molar-refractivity contribution in [2.75, 3.05) is 23.8 Å². The summed E-state index contributed by atoms with van der Waals surface area (Å²) < 4.78 is 48.1. The number of anilines is 2. The molecule has 1 atom stereocenters. The highest BCUT2D eigenvalue weighted by Crippen LogP contribution is 2.38. The fourth-order valence-electron chi connectivity index (χ4n) is 4.82. The van der Waals surface area contributed by atoms with Crippen molar-refractivity contribution in [1.29, 1.82) is 0 Å². The van der Waals surface area contributed by atoms with Crippen molar-refractivity contribution in [3.05, 3.63) is 59.9 Å². The highest BCUT2D eigenvalue weighted by Gasteiger charge is 2.39. The minimum absolute atomic E-state index is 0. The molecule has 1 fully saturated rings. The first kappa shape index (κ1) is 29.2. The summed E-state index contributed by atoms with van der Waals surface area (Å²) in [6.45, 7) is 9.80. The first-order valence-electron chi connectivity index (χ1n) is 12.8. The average Bonchev–Trinajstić information content (AvgIpc) is 3.13. The van der Waals surface area contributed by atoms with E-state index in [2.05, 4.69) is 16.6 Å². The fraction of sp³-hybridized carbons (Fsp3) is 0.393. The van der Waals surface area contributed by atoms with Crippen molar-refractivity contribution in [2.45, 2.75) is 57.2 Å². The second-order valence-corrected chi connectivity index (χ2v) is 13.0. The normalized spacial score (nSPS) is 17.1. The van der Waals surface area contributed by atoms with E-state index in [4.69, 9.17) is 15.5 Å². The van der Waals surface area contributed by atoms with Crippen molar-refractivity contribution in [3.8, 4) is 17.0 Å². The molecule has 3 heterocycles. The summed E-state index contributed by atoms with van der Waals surface area (Å²) in [7, 11) is -4.33. The van der Waals surface area contributed by atoms with Gasteiger partial charge in [0.05, 0.1) is 16.9 Å². The van der Waals surface area contributed by atoms with E-state index in [1.54, 1.807) is 19.9 Å². The number of amides is 1. The zero-order valence-corrected chi connectivity index (χ0v) is 23.9. The Morgan fingerprint density at radius 3 is 2.60 bits per heavy atom. The van der Waals surface area contributed by atoms with Gasteiger partial charge in [0, 0.05) is 28.0 Å².